The van der Waals surface area contributed by atoms with Gasteiger partial charge in [-0.2, -0.15) is 0 Å². The quantitative estimate of drug-likeness (QED) is 0.598. The van der Waals surface area contributed by atoms with Crippen molar-refractivity contribution in [3.05, 3.63) is 73.8 Å². The van der Waals surface area contributed by atoms with Crippen molar-refractivity contribution < 1.29 is 9.66 Å². The van der Waals surface area contributed by atoms with Crippen LogP contribution in [0.3, 0.4) is 0 Å². The summed E-state index contributed by atoms with van der Waals surface area (Å²) >= 11 is 12.0. The highest BCUT2D eigenvalue weighted by Gasteiger charge is 2.10. The van der Waals surface area contributed by atoms with Crippen molar-refractivity contribution in [2.24, 2.45) is 0 Å². The summed E-state index contributed by atoms with van der Waals surface area (Å²) in [5, 5.41) is 11.8. The van der Waals surface area contributed by atoms with Gasteiger partial charge in [0.15, 0.2) is 0 Å². The topological polar surface area (TPSA) is 52.4 Å². The third-order valence-electron chi connectivity index (χ3n) is 2.71. The van der Waals surface area contributed by atoms with Crippen LogP contribution in [0.1, 0.15) is 11.1 Å². The number of rotatable bonds is 5. The number of hydrogen-bond acceptors (Lipinski definition) is 3. The summed E-state index contributed by atoms with van der Waals surface area (Å²) in [4.78, 5) is 10.2. The summed E-state index contributed by atoms with van der Waals surface area (Å²) in [5.74, 6) is 0. The van der Waals surface area contributed by atoms with Crippen LogP contribution in [0.2, 0.25) is 10.0 Å². The summed E-state index contributed by atoms with van der Waals surface area (Å²) in [7, 11) is 0. The van der Waals surface area contributed by atoms with E-state index in [1.54, 1.807) is 6.07 Å². The Bertz CT molecular complexity index is 632. The van der Waals surface area contributed by atoms with Crippen molar-refractivity contribution in [2.75, 3.05) is 0 Å². The van der Waals surface area contributed by atoms with Gasteiger partial charge in [-0.05, 0) is 17.7 Å². The minimum Gasteiger partial charge on any atom is -0.372 e. The Morgan fingerprint density at radius 3 is 2.35 bits per heavy atom. The largest absolute Gasteiger partial charge is 0.372 e. The van der Waals surface area contributed by atoms with Crippen LogP contribution >= 0.6 is 23.2 Å². The number of nitro groups is 1. The molecule has 2 aromatic rings. The van der Waals surface area contributed by atoms with Gasteiger partial charge in [0.2, 0.25) is 0 Å². The molecule has 20 heavy (non-hydrogen) atoms. The van der Waals surface area contributed by atoms with Gasteiger partial charge >= 0.3 is 0 Å². The van der Waals surface area contributed by atoms with Crippen LogP contribution in [0.25, 0.3) is 0 Å². The molecule has 0 saturated carbocycles. The molecule has 0 atom stereocenters. The van der Waals surface area contributed by atoms with Crippen LogP contribution in [-0.2, 0) is 18.0 Å². The zero-order chi connectivity index (χ0) is 14.5. The molecule has 104 valence electrons. The van der Waals surface area contributed by atoms with Gasteiger partial charge in [0.05, 0.1) is 18.1 Å². The first-order chi connectivity index (χ1) is 9.58. The number of nitrogens with zero attached hydrogens (tertiary/aromatic N) is 1. The van der Waals surface area contributed by atoms with E-state index in [1.165, 1.54) is 18.2 Å². The monoisotopic (exact) mass is 311 g/mol. The fourth-order valence-electron chi connectivity index (χ4n) is 1.67. The maximum Gasteiger partial charge on any atom is 0.269 e. The van der Waals surface area contributed by atoms with E-state index in [4.69, 9.17) is 27.9 Å². The lowest BCUT2D eigenvalue weighted by Gasteiger charge is -2.07. The van der Waals surface area contributed by atoms with Gasteiger partial charge in [-0.3, -0.25) is 10.1 Å². The normalized spacial score (nSPS) is 10.5. The average molecular weight is 312 g/mol. The lowest BCUT2D eigenvalue weighted by atomic mass is 10.2. The first-order valence-electron chi connectivity index (χ1n) is 5.82. The third-order valence-corrected chi connectivity index (χ3v) is 3.45. The predicted molar refractivity (Wildman–Crippen MR) is 78.1 cm³/mol. The Labute approximate surface area is 126 Å². The molecule has 0 saturated heterocycles. The molecule has 0 aliphatic rings. The van der Waals surface area contributed by atoms with Crippen molar-refractivity contribution in [3.8, 4) is 0 Å². The standard InChI is InChI=1S/C14H11Cl2NO3/c15-13-4-2-1-3-10(13)8-20-9-11-7-12(17(18)19)5-6-14(11)16/h1-7H,8-9H2. The molecule has 0 N–H and O–H groups in total. The highest BCUT2D eigenvalue weighted by molar-refractivity contribution is 6.31. The molecule has 0 aliphatic carbocycles. The van der Waals surface area contributed by atoms with E-state index in [-0.39, 0.29) is 12.3 Å². The highest BCUT2D eigenvalue weighted by Crippen LogP contribution is 2.23. The van der Waals surface area contributed by atoms with Crippen molar-refractivity contribution in [1.82, 2.24) is 0 Å². The maximum absolute atomic E-state index is 10.7. The molecular formula is C14H11Cl2NO3. The van der Waals surface area contributed by atoms with Crippen molar-refractivity contribution in [2.45, 2.75) is 13.2 Å². The Kier molecular flexibility index (Phi) is 4.95. The minimum absolute atomic E-state index is 0.00857. The van der Waals surface area contributed by atoms with Gasteiger partial charge < -0.3 is 4.74 Å². The van der Waals surface area contributed by atoms with Crippen LogP contribution < -0.4 is 0 Å². The molecule has 2 rings (SSSR count). The number of nitro benzene ring substituents is 1. The fourth-order valence-corrected chi connectivity index (χ4v) is 2.03. The Morgan fingerprint density at radius 2 is 1.65 bits per heavy atom. The second-order valence-electron chi connectivity index (χ2n) is 4.12. The summed E-state index contributed by atoms with van der Waals surface area (Å²) in [6.45, 7) is 0.504. The first kappa shape index (κ1) is 14.8. The molecule has 2 aromatic carbocycles. The molecule has 0 bridgehead atoms. The van der Waals surface area contributed by atoms with Crippen molar-refractivity contribution in [3.63, 3.8) is 0 Å². The second-order valence-corrected chi connectivity index (χ2v) is 4.93. The van der Waals surface area contributed by atoms with Gasteiger partial charge in [0.25, 0.3) is 5.69 Å². The lowest BCUT2D eigenvalue weighted by molar-refractivity contribution is -0.384. The maximum atomic E-state index is 10.7. The van der Waals surface area contributed by atoms with E-state index in [0.29, 0.717) is 22.2 Å². The zero-order valence-corrected chi connectivity index (χ0v) is 11.9. The molecule has 0 fully saturated rings. The van der Waals surface area contributed by atoms with Gasteiger partial charge in [-0.1, -0.05) is 41.4 Å². The van der Waals surface area contributed by atoms with Gasteiger partial charge in [0.1, 0.15) is 0 Å². The summed E-state index contributed by atoms with van der Waals surface area (Å²) in [6, 6.07) is 11.6. The van der Waals surface area contributed by atoms with E-state index in [2.05, 4.69) is 0 Å². The number of hydrogen-bond donors (Lipinski definition) is 0. The smallest absolute Gasteiger partial charge is 0.269 e. The third kappa shape index (κ3) is 3.70. The molecule has 0 unspecified atom stereocenters. The Morgan fingerprint density at radius 1 is 1.00 bits per heavy atom. The fraction of sp³-hybridized carbons (Fsp3) is 0.143. The molecule has 4 nitrogen and oxygen atoms in total. The minimum atomic E-state index is -0.464. The van der Waals surface area contributed by atoms with Crippen LogP contribution in [0.4, 0.5) is 5.69 Å². The van der Waals surface area contributed by atoms with E-state index in [1.807, 2.05) is 18.2 Å². The first-order valence-corrected chi connectivity index (χ1v) is 6.57. The molecule has 0 radical (unpaired) electrons. The van der Waals surface area contributed by atoms with Crippen LogP contribution in [0, 0.1) is 10.1 Å². The molecular weight excluding hydrogens is 301 g/mol. The molecule has 0 amide bonds. The summed E-state index contributed by atoms with van der Waals surface area (Å²) < 4.78 is 5.51. The SMILES string of the molecule is O=[N+]([O-])c1ccc(Cl)c(COCc2ccccc2Cl)c1. The highest BCUT2D eigenvalue weighted by atomic mass is 35.5. The van der Waals surface area contributed by atoms with Crippen molar-refractivity contribution in [1.29, 1.82) is 0 Å². The number of ether oxygens (including phenoxy) is 1. The van der Waals surface area contributed by atoms with Gasteiger partial charge in [0, 0.05) is 27.7 Å². The van der Waals surface area contributed by atoms with Crippen LogP contribution in [0.15, 0.2) is 42.5 Å². The molecule has 6 heteroatoms. The zero-order valence-electron chi connectivity index (χ0n) is 10.4. The van der Waals surface area contributed by atoms with E-state index in [9.17, 15) is 10.1 Å². The summed E-state index contributed by atoms with van der Waals surface area (Å²) in [6.07, 6.45) is 0. The van der Waals surface area contributed by atoms with Crippen LogP contribution in [-0.4, -0.2) is 4.92 Å². The van der Waals surface area contributed by atoms with E-state index >= 15 is 0 Å². The lowest BCUT2D eigenvalue weighted by Crippen LogP contribution is -1.97. The Hall–Kier alpha value is -1.62. The molecule has 0 heterocycles. The van der Waals surface area contributed by atoms with Crippen molar-refractivity contribution >= 4 is 28.9 Å². The summed E-state index contributed by atoms with van der Waals surface area (Å²) in [5.41, 5.74) is 1.43. The molecule has 0 spiro atoms. The van der Waals surface area contributed by atoms with Gasteiger partial charge in [-0.25, -0.2) is 0 Å². The number of benzene rings is 2. The van der Waals surface area contributed by atoms with E-state index < -0.39 is 4.92 Å². The second kappa shape index (κ2) is 6.70. The number of halogens is 2. The Balaban J connectivity index is 2.02. The van der Waals surface area contributed by atoms with Gasteiger partial charge in [-0.15, -0.1) is 0 Å². The molecule has 0 aliphatic heterocycles. The molecule has 0 aromatic heterocycles. The van der Waals surface area contributed by atoms with E-state index in [0.717, 1.165) is 5.56 Å². The predicted octanol–water partition coefficient (Wildman–Crippen LogP) is 4.62. The average Bonchev–Trinajstić information content (AvgIpc) is 2.42. The number of non-ortho nitro benzene ring substituents is 1. The van der Waals surface area contributed by atoms with Crippen LogP contribution in [0.5, 0.6) is 0 Å².